The van der Waals surface area contributed by atoms with Gasteiger partial charge in [0.05, 0.1) is 0 Å². The number of hydrazone groups is 1. The van der Waals surface area contributed by atoms with Gasteiger partial charge in [-0.3, -0.25) is 16.1 Å². The number of likely N-dealkylation sites (tertiary alicyclic amines) is 1. The Bertz CT molecular complexity index is 1000. The van der Waals surface area contributed by atoms with Crippen LogP contribution in [0.5, 0.6) is 0 Å². The van der Waals surface area contributed by atoms with Crippen molar-refractivity contribution in [3.63, 3.8) is 0 Å². The van der Waals surface area contributed by atoms with Crippen LogP contribution in [-0.4, -0.2) is 60.8 Å². The number of hydrogen-bond acceptors (Lipinski definition) is 7. The molecule has 3 aliphatic rings. The number of halogens is 2. The Morgan fingerprint density at radius 1 is 1.06 bits per heavy atom. The van der Waals surface area contributed by atoms with Gasteiger partial charge in [0.1, 0.15) is 0 Å². The normalized spacial score (nSPS) is 24.1. The molecule has 0 bridgehead atoms. The summed E-state index contributed by atoms with van der Waals surface area (Å²) in [4.78, 5) is 7.38. The van der Waals surface area contributed by atoms with Crippen LogP contribution in [-0.2, 0) is 13.0 Å². The molecule has 9 heteroatoms. The predicted octanol–water partition coefficient (Wildman–Crippen LogP) is 3.03. The number of nitrogens with one attached hydrogen (secondary N) is 2. The third-order valence-electron chi connectivity index (χ3n) is 6.97. The number of likely N-dealkylation sites (N-methyl/N-ethyl adjacent to an activating group) is 1. The first kappa shape index (κ1) is 22.6. The molecule has 1 fully saturated rings. The number of rotatable bonds is 3. The molecule has 0 aliphatic carbocycles. The van der Waals surface area contributed by atoms with E-state index in [9.17, 15) is 0 Å². The lowest BCUT2D eigenvalue weighted by Gasteiger charge is -2.42. The number of fused-ring (bicyclic) bond motifs is 1. The first-order valence-corrected chi connectivity index (χ1v) is 12.3. The van der Waals surface area contributed by atoms with Crippen LogP contribution in [0.15, 0.2) is 47.6 Å². The molecule has 4 N–H and O–H groups in total. The number of nitrogens with zero attached hydrogens (tertiary/aromatic N) is 4. The summed E-state index contributed by atoms with van der Waals surface area (Å²) in [7, 11) is 2.19. The van der Waals surface area contributed by atoms with Crippen LogP contribution in [0, 0.1) is 0 Å². The van der Waals surface area contributed by atoms with Gasteiger partial charge in [-0.05, 0) is 60.7 Å². The van der Waals surface area contributed by atoms with Crippen LogP contribution in [0.25, 0.3) is 0 Å². The van der Waals surface area contributed by atoms with Crippen LogP contribution >= 0.6 is 23.2 Å². The van der Waals surface area contributed by atoms with Crippen LogP contribution in [0.3, 0.4) is 0 Å². The summed E-state index contributed by atoms with van der Waals surface area (Å²) in [5.74, 6) is 0.853. The van der Waals surface area contributed by atoms with Crippen molar-refractivity contribution in [2.75, 3.05) is 31.6 Å². The molecule has 33 heavy (non-hydrogen) atoms. The van der Waals surface area contributed by atoms with Crippen LogP contribution in [0.4, 0.5) is 5.69 Å². The number of anilines is 1. The van der Waals surface area contributed by atoms with Crippen molar-refractivity contribution in [1.29, 1.82) is 0 Å². The zero-order valence-electron chi connectivity index (χ0n) is 18.8. The number of guanidine groups is 1. The van der Waals surface area contributed by atoms with Crippen molar-refractivity contribution in [1.82, 2.24) is 20.5 Å². The lowest BCUT2D eigenvalue weighted by atomic mass is 9.97. The summed E-state index contributed by atoms with van der Waals surface area (Å²) < 4.78 is 0. The van der Waals surface area contributed by atoms with Crippen molar-refractivity contribution < 1.29 is 0 Å². The van der Waals surface area contributed by atoms with Gasteiger partial charge in [0.15, 0.2) is 6.29 Å². The zero-order chi connectivity index (χ0) is 22.9. The van der Waals surface area contributed by atoms with Gasteiger partial charge in [0.25, 0.3) is 0 Å². The molecule has 2 atom stereocenters. The fourth-order valence-electron chi connectivity index (χ4n) is 5.31. The standard InChI is InChI=1S/C24H31Cl2N7/c1-31-15-21(12-16-2-4-18(25)5-3-16)33(14-17-13-19(26)6-7-22(17)31)20-8-10-32(11-9-20)24-28-23(27)29-30-24/h2-7,13,20-21,23,29H,8-12,14-15,27H2,1H3,(H,28,30). The van der Waals surface area contributed by atoms with Gasteiger partial charge >= 0.3 is 0 Å². The van der Waals surface area contributed by atoms with E-state index < -0.39 is 0 Å². The zero-order valence-corrected chi connectivity index (χ0v) is 20.4. The average molecular weight is 488 g/mol. The van der Waals surface area contributed by atoms with Crippen molar-refractivity contribution in [3.05, 3.63) is 63.6 Å². The minimum Gasteiger partial charge on any atom is -0.373 e. The molecule has 0 radical (unpaired) electrons. The first-order valence-electron chi connectivity index (χ1n) is 11.6. The molecule has 0 saturated carbocycles. The molecule has 0 aromatic heterocycles. The molecular formula is C24H31Cl2N7. The van der Waals surface area contributed by atoms with E-state index in [1.807, 2.05) is 18.2 Å². The van der Waals surface area contributed by atoms with Gasteiger partial charge in [-0.2, -0.15) is 0 Å². The van der Waals surface area contributed by atoms with Crippen molar-refractivity contribution in [3.8, 4) is 0 Å². The monoisotopic (exact) mass is 487 g/mol. The van der Waals surface area contributed by atoms with Crippen molar-refractivity contribution >= 4 is 34.8 Å². The van der Waals surface area contributed by atoms with E-state index in [1.165, 1.54) is 16.8 Å². The summed E-state index contributed by atoms with van der Waals surface area (Å²) in [6.45, 7) is 3.76. The van der Waals surface area contributed by atoms with Crippen LogP contribution in [0.1, 0.15) is 24.0 Å². The average Bonchev–Trinajstić information content (AvgIpc) is 3.19. The van der Waals surface area contributed by atoms with E-state index >= 15 is 0 Å². The Labute approximate surface area is 205 Å². The summed E-state index contributed by atoms with van der Waals surface area (Å²) in [6.07, 6.45) is 2.83. The van der Waals surface area contributed by atoms with Crippen LogP contribution in [0.2, 0.25) is 10.0 Å². The van der Waals surface area contributed by atoms with E-state index in [2.05, 4.69) is 61.9 Å². The van der Waals surface area contributed by atoms with Crippen molar-refractivity contribution in [2.45, 2.75) is 44.2 Å². The van der Waals surface area contributed by atoms with E-state index in [1.54, 1.807) is 0 Å². The number of hydrogen-bond donors (Lipinski definition) is 3. The largest absolute Gasteiger partial charge is 0.373 e. The maximum absolute atomic E-state index is 6.40. The van der Waals surface area contributed by atoms with Gasteiger partial charge in [-0.15, -0.1) is 5.10 Å². The summed E-state index contributed by atoms with van der Waals surface area (Å²) in [6, 6.07) is 15.4. The van der Waals surface area contributed by atoms with Gasteiger partial charge in [-0.25, -0.2) is 0 Å². The van der Waals surface area contributed by atoms with E-state index in [0.29, 0.717) is 12.1 Å². The first-order chi connectivity index (χ1) is 16.0. The van der Waals surface area contributed by atoms with E-state index in [4.69, 9.17) is 28.9 Å². The fraction of sp³-hybridized carbons (Fsp3) is 0.458. The van der Waals surface area contributed by atoms with E-state index in [0.717, 1.165) is 61.4 Å². The highest BCUT2D eigenvalue weighted by atomic mass is 35.5. The third-order valence-corrected chi connectivity index (χ3v) is 7.46. The fourth-order valence-corrected chi connectivity index (χ4v) is 5.63. The molecule has 0 spiro atoms. The molecule has 5 rings (SSSR count). The second kappa shape index (κ2) is 9.58. The molecule has 7 nitrogen and oxygen atoms in total. The Kier molecular flexibility index (Phi) is 6.56. The number of benzene rings is 2. The minimum absolute atomic E-state index is 0.302. The molecule has 2 aromatic rings. The van der Waals surface area contributed by atoms with Gasteiger partial charge in [0, 0.05) is 61.0 Å². The highest BCUT2D eigenvalue weighted by Gasteiger charge is 2.34. The maximum Gasteiger partial charge on any atom is 0.219 e. The van der Waals surface area contributed by atoms with Gasteiger partial charge in [-0.1, -0.05) is 35.3 Å². The number of nitrogens with two attached hydrogens (primary N) is 1. The molecule has 0 amide bonds. The highest BCUT2D eigenvalue weighted by molar-refractivity contribution is 6.31. The highest BCUT2D eigenvalue weighted by Crippen LogP contribution is 2.33. The smallest absolute Gasteiger partial charge is 0.219 e. The summed E-state index contributed by atoms with van der Waals surface area (Å²) in [5, 5.41) is 9.10. The number of piperidine rings is 1. The second-order valence-electron chi connectivity index (χ2n) is 9.22. The molecule has 3 heterocycles. The third kappa shape index (κ3) is 5.01. The van der Waals surface area contributed by atoms with Crippen molar-refractivity contribution in [2.24, 2.45) is 10.8 Å². The summed E-state index contributed by atoms with van der Waals surface area (Å²) in [5.41, 5.74) is 12.6. The summed E-state index contributed by atoms with van der Waals surface area (Å²) >= 11 is 12.5. The maximum atomic E-state index is 6.40. The van der Waals surface area contributed by atoms with Crippen LogP contribution < -0.4 is 21.4 Å². The Morgan fingerprint density at radius 2 is 1.79 bits per heavy atom. The topological polar surface area (TPSA) is 72.2 Å². The van der Waals surface area contributed by atoms with Gasteiger partial charge in [0.2, 0.25) is 5.96 Å². The Balaban J connectivity index is 1.37. The lowest BCUT2D eigenvalue weighted by molar-refractivity contribution is 0.0877. The molecule has 3 aliphatic heterocycles. The lowest BCUT2D eigenvalue weighted by Crippen LogP contribution is -2.54. The molecule has 2 unspecified atom stereocenters. The Hall–Kier alpha value is -2.19. The molecule has 2 aromatic carbocycles. The molecular weight excluding hydrogens is 457 g/mol. The predicted molar refractivity (Wildman–Crippen MR) is 135 cm³/mol. The quantitative estimate of drug-likeness (QED) is 0.617. The second-order valence-corrected chi connectivity index (χ2v) is 10.1. The Morgan fingerprint density at radius 3 is 2.48 bits per heavy atom. The minimum atomic E-state index is -0.302. The van der Waals surface area contributed by atoms with E-state index in [-0.39, 0.29) is 6.29 Å². The SMILES string of the molecule is CN1CC(Cc2ccc(Cl)cc2)N(C2CCN(C3=NNC(N)N3)CC2)Cc2cc(Cl)ccc21. The molecule has 1 saturated heterocycles. The van der Waals surface area contributed by atoms with Gasteiger partial charge < -0.3 is 15.1 Å². The molecule has 176 valence electrons.